The zero-order valence-corrected chi connectivity index (χ0v) is 21.5. The van der Waals surface area contributed by atoms with Crippen LogP contribution >= 0.6 is 11.6 Å². The standard InChI is InChI=1S/C30H28ClNO4/c1-33-27-15-25(16-28(19-27)34-2)32(26-17-29(35-3)20-30(18-26)36-4)24-13-9-22(10-14-24)6-5-21-7-11-23(31)12-8-21/h5-20H,1-4H3/b6-5+. The molecule has 36 heavy (non-hydrogen) atoms. The van der Waals surface area contributed by atoms with Crippen LogP contribution in [0.5, 0.6) is 23.0 Å². The largest absolute Gasteiger partial charge is 0.497 e. The fourth-order valence-corrected chi connectivity index (χ4v) is 3.92. The summed E-state index contributed by atoms with van der Waals surface area (Å²) in [5.74, 6) is 2.75. The number of hydrogen-bond acceptors (Lipinski definition) is 5. The topological polar surface area (TPSA) is 40.2 Å². The normalized spacial score (nSPS) is 10.8. The summed E-state index contributed by atoms with van der Waals surface area (Å²) in [7, 11) is 6.55. The second-order valence-electron chi connectivity index (χ2n) is 7.95. The van der Waals surface area contributed by atoms with Crippen LogP contribution in [0, 0.1) is 0 Å². The fraction of sp³-hybridized carbons (Fsp3) is 0.133. The molecule has 0 spiro atoms. The highest BCUT2D eigenvalue weighted by Gasteiger charge is 2.17. The van der Waals surface area contributed by atoms with Gasteiger partial charge in [0.05, 0.1) is 39.8 Å². The second kappa shape index (κ2) is 11.6. The molecule has 4 aromatic rings. The van der Waals surface area contributed by atoms with E-state index in [4.69, 9.17) is 30.5 Å². The van der Waals surface area contributed by atoms with E-state index in [1.807, 2.05) is 60.7 Å². The van der Waals surface area contributed by atoms with Gasteiger partial charge in [-0.1, -0.05) is 48.0 Å². The molecule has 0 heterocycles. The van der Waals surface area contributed by atoms with Crippen molar-refractivity contribution in [2.45, 2.75) is 0 Å². The van der Waals surface area contributed by atoms with Crippen LogP contribution in [0.4, 0.5) is 17.1 Å². The molecular formula is C30H28ClNO4. The van der Waals surface area contributed by atoms with Crippen LogP contribution in [-0.2, 0) is 0 Å². The van der Waals surface area contributed by atoms with Gasteiger partial charge in [-0.3, -0.25) is 0 Å². The minimum atomic E-state index is 0.687. The Morgan fingerprint density at radius 3 is 1.22 bits per heavy atom. The third-order valence-electron chi connectivity index (χ3n) is 5.68. The summed E-state index contributed by atoms with van der Waals surface area (Å²) in [5.41, 5.74) is 4.83. The minimum Gasteiger partial charge on any atom is -0.497 e. The molecule has 0 unspecified atom stereocenters. The predicted octanol–water partition coefficient (Wildman–Crippen LogP) is 8.01. The molecule has 0 aromatic heterocycles. The van der Waals surface area contributed by atoms with Gasteiger partial charge in [0, 0.05) is 47.1 Å². The first-order chi connectivity index (χ1) is 17.5. The first kappa shape index (κ1) is 25.0. The molecule has 0 N–H and O–H groups in total. The lowest BCUT2D eigenvalue weighted by Gasteiger charge is -2.27. The highest BCUT2D eigenvalue weighted by atomic mass is 35.5. The smallest absolute Gasteiger partial charge is 0.124 e. The molecule has 4 aromatic carbocycles. The Morgan fingerprint density at radius 2 is 0.861 bits per heavy atom. The molecule has 0 saturated heterocycles. The van der Waals surface area contributed by atoms with Gasteiger partial charge in [-0.25, -0.2) is 0 Å². The molecular weight excluding hydrogens is 474 g/mol. The molecule has 0 amide bonds. The maximum absolute atomic E-state index is 5.99. The van der Waals surface area contributed by atoms with Crippen molar-refractivity contribution in [2.24, 2.45) is 0 Å². The summed E-state index contributed by atoms with van der Waals surface area (Å²) < 4.78 is 22.1. The zero-order valence-electron chi connectivity index (χ0n) is 20.7. The molecule has 0 aliphatic heterocycles. The van der Waals surface area contributed by atoms with Gasteiger partial charge in [0.25, 0.3) is 0 Å². The molecule has 5 nitrogen and oxygen atoms in total. The van der Waals surface area contributed by atoms with Crippen molar-refractivity contribution in [3.05, 3.63) is 101 Å². The van der Waals surface area contributed by atoms with Crippen LogP contribution in [0.3, 0.4) is 0 Å². The Labute approximate surface area is 217 Å². The van der Waals surface area contributed by atoms with Crippen molar-refractivity contribution in [3.8, 4) is 23.0 Å². The van der Waals surface area contributed by atoms with E-state index in [0.29, 0.717) is 23.0 Å². The van der Waals surface area contributed by atoms with Crippen molar-refractivity contribution in [1.82, 2.24) is 0 Å². The summed E-state index contributed by atoms with van der Waals surface area (Å²) >= 11 is 5.99. The molecule has 0 aliphatic carbocycles. The van der Waals surface area contributed by atoms with Gasteiger partial charge in [0.15, 0.2) is 0 Å². The van der Waals surface area contributed by atoms with Gasteiger partial charge in [-0.15, -0.1) is 0 Å². The lowest BCUT2D eigenvalue weighted by molar-refractivity contribution is 0.394. The second-order valence-corrected chi connectivity index (χ2v) is 8.39. The maximum Gasteiger partial charge on any atom is 0.124 e. The Morgan fingerprint density at radius 1 is 0.500 bits per heavy atom. The van der Waals surface area contributed by atoms with E-state index in [9.17, 15) is 0 Å². The summed E-state index contributed by atoms with van der Waals surface area (Å²) in [4.78, 5) is 2.10. The van der Waals surface area contributed by atoms with Crippen LogP contribution in [0.1, 0.15) is 11.1 Å². The Balaban J connectivity index is 1.77. The zero-order chi connectivity index (χ0) is 25.5. The maximum atomic E-state index is 5.99. The average Bonchev–Trinajstić information content (AvgIpc) is 2.93. The molecule has 4 rings (SSSR count). The lowest BCUT2D eigenvalue weighted by atomic mass is 10.1. The highest BCUT2D eigenvalue weighted by molar-refractivity contribution is 6.30. The summed E-state index contributed by atoms with van der Waals surface area (Å²) in [5, 5.41) is 0.722. The third-order valence-corrected chi connectivity index (χ3v) is 5.93. The number of halogens is 1. The average molecular weight is 502 g/mol. The number of anilines is 3. The van der Waals surface area contributed by atoms with Crippen molar-refractivity contribution in [1.29, 1.82) is 0 Å². The molecule has 0 fully saturated rings. The van der Waals surface area contributed by atoms with Crippen LogP contribution in [0.2, 0.25) is 5.02 Å². The molecule has 0 aliphatic rings. The molecule has 6 heteroatoms. The Kier molecular flexibility index (Phi) is 8.03. The number of benzene rings is 4. The summed E-state index contributed by atoms with van der Waals surface area (Å²) in [6.45, 7) is 0. The van der Waals surface area contributed by atoms with Gasteiger partial charge in [-0.05, 0) is 35.4 Å². The number of ether oxygens (including phenoxy) is 4. The summed E-state index contributed by atoms with van der Waals surface area (Å²) in [6.07, 6.45) is 4.13. The van der Waals surface area contributed by atoms with Gasteiger partial charge in [0.1, 0.15) is 23.0 Å². The van der Waals surface area contributed by atoms with E-state index >= 15 is 0 Å². The van der Waals surface area contributed by atoms with Gasteiger partial charge in [-0.2, -0.15) is 0 Å². The molecule has 0 radical (unpaired) electrons. The third kappa shape index (κ3) is 5.93. The fourth-order valence-electron chi connectivity index (χ4n) is 3.79. The molecule has 0 atom stereocenters. The first-order valence-corrected chi connectivity index (χ1v) is 11.7. The van der Waals surface area contributed by atoms with E-state index in [0.717, 1.165) is 33.2 Å². The SMILES string of the molecule is COc1cc(OC)cc(N(c2ccc(/C=C/c3ccc(Cl)cc3)cc2)c2cc(OC)cc(OC)c2)c1. The lowest BCUT2D eigenvalue weighted by Crippen LogP contribution is -2.11. The Hall–Kier alpha value is -4.09. The van der Waals surface area contributed by atoms with E-state index < -0.39 is 0 Å². The number of nitrogens with zero attached hydrogens (tertiary/aromatic N) is 1. The van der Waals surface area contributed by atoms with E-state index in [2.05, 4.69) is 41.3 Å². The van der Waals surface area contributed by atoms with E-state index in [1.165, 1.54) is 0 Å². The van der Waals surface area contributed by atoms with Gasteiger partial charge in [0.2, 0.25) is 0 Å². The molecule has 0 bridgehead atoms. The molecule has 0 saturated carbocycles. The van der Waals surface area contributed by atoms with E-state index in [-0.39, 0.29) is 0 Å². The van der Waals surface area contributed by atoms with Gasteiger partial charge >= 0.3 is 0 Å². The van der Waals surface area contributed by atoms with Crippen LogP contribution < -0.4 is 23.8 Å². The monoisotopic (exact) mass is 501 g/mol. The van der Waals surface area contributed by atoms with Crippen molar-refractivity contribution < 1.29 is 18.9 Å². The van der Waals surface area contributed by atoms with Crippen molar-refractivity contribution >= 4 is 40.8 Å². The quantitative estimate of drug-likeness (QED) is 0.217. The minimum absolute atomic E-state index is 0.687. The molecule has 184 valence electrons. The summed E-state index contributed by atoms with van der Waals surface area (Å²) in [6, 6.07) is 27.6. The van der Waals surface area contributed by atoms with Crippen LogP contribution in [0.25, 0.3) is 12.2 Å². The van der Waals surface area contributed by atoms with E-state index in [1.54, 1.807) is 28.4 Å². The van der Waals surface area contributed by atoms with Crippen molar-refractivity contribution in [2.75, 3.05) is 33.3 Å². The van der Waals surface area contributed by atoms with Gasteiger partial charge < -0.3 is 23.8 Å². The number of rotatable bonds is 9. The predicted molar refractivity (Wildman–Crippen MR) is 148 cm³/mol. The Bertz CT molecular complexity index is 1230. The van der Waals surface area contributed by atoms with Crippen LogP contribution in [-0.4, -0.2) is 28.4 Å². The first-order valence-electron chi connectivity index (χ1n) is 11.3. The number of methoxy groups -OCH3 is 4. The van der Waals surface area contributed by atoms with Crippen LogP contribution in [0.15, 0.2) is 84.9 Å². The highest BCUT2D eigenvalue weighted by Crippen LogP contribution is 2.41. The van der Waals surface area contributed by atoms with Crippen molar-refractivity contribution in [3.63, 3.8) is 0 Å². The number of hydrogen-bond donors (Lipinski definition) is 0.